The van der Waals surface area contributed by atoms with Gasteiger partial charge in [-0.2, -0.15) is 0 Å². The van der Waals surface area contributed by atoms with Gasteiger partial charge < -0.3 is 15.1 Å². The monoisotopic (exact) mass is 403 g/mol. The molecule has 0 bridgehead atoms. The van der Waals surface area contributed by atoms with Crippen LogP contribution in [0.4, 0.5) is 5.82 Å². The number of β-amino-alcohol motifs (C(OH)–C–C–N with tert-alkyl or cyclic N) is 1. The summed E-state index contributed by atoms with van der Waals surface area (Å²) >= 11 is 0. The molecule has 0 amide bonds. The van der Waals surface area contributed by atoms with Crippen molar-refractivity contribution in [1.82, 2.24) is 9.88 Å². The van der Waals surface area contributed by atoms with E-state index in [0.717, 1.165) is 43.1 Å². The second kappa shape index (κ2) is 9.39. The summed E-state index contributed by atoms with van der Waals surface area (Å²) in [6.07, 6.45) is -1.20. The molecule has 0 saturated carbocycles. The van der Waals surface area contributed by atoms with Crippen molar-refractivity contribution in [3.8, 4) is 0 Å². The Balaban J connectivity index is 1.35. The van der Waals surface area contributed by atoms with Crippen molar-refractivity contribution in [2.75, 3.05) is 37.6 Å². The third-order valence-corrected chi connectivity index (χ3v) is 5.74. The molecule has 1 aromatic heterocycles. The summed E-state index contributed by atoms with van der Waals surface area (Å²) in [6, 6.07) is 23.5. The number of aliphatic hydroxyl groups excluding tert-OH is 2. The van der Waals surface area contributed by atoms with Gasteiger partial charge in [0.1, 0.15) is 11.9 Å². The molecule has 0 radical (unpaired) electrons. The molecule has 2 N–H and O–H groups in total. The van der Waals surface area contributed by atoms with Gasteiger partial charge in [0.05, 0.1) is 11.8 Å². The molecular weight excluding hydrogens is 374 g/mol. The third-order valence-electron chi connectivity index (χ3n) is 5.74. The van der Waals surface area contributed by atoms with E-state index in [2.05, 4.69) is 16.7 Å². The number of aliphatic hydroxyl groups is 2. The fourth-order valence-corrected chi connectivity index (χ4v) is 3.87. The first kappa shape index (κ1) is 20.5. The van der Waals surface area contributed by atoms with Crippen LogP contribution in [0.15, 0.2) is 72.8 Å². The maximum atomic E-state index is 10.7. The van der Waals surface area contributed by atoms with Crippen molar-refractivity contribution in [2.45, 2.75) is 19.1 Å². The zero-order valence-corrected chi connectivity index (χ0v) is 17.4. The van der Waals surface area contributed by atoms with Crippen LogP contribution in [0.3, 0.4) is 0 Å². The Hall–Kier alpha value is -2.73. The summed E-state index contributed by atoms with van der Waals surface area (Å²) in [5.41, 5.74) is 3.67. The summed E-state index contributed by atoms with van der Waals surface area (Å²) in [5, 5.41) is 21.2. The van der Waals surface area contributed by atoms with Crippen molar-refractivity contribution in [2.24, 2.45) is 0 Å². The molecule has 2 atom stereocenters. The van der Waals surface area contributed by atoms with E-state index in [1.165, 1.54) is 5.56 Å². The zero-order chi connectivity index (χ0) is 20.9. The minimum Gasteiger partial charge on any atom is -0.387 e. The van der Waals surface area contributed by atoms with Gasteiger partial charge in [-0.15, -0.1) is 0 Å². The number of hydrogen-bond donors (Lipinski definition) is 2. The standard InChI is InChI=1S/C25H29N3O2/c1-19-10-12-20(13-11-19)23(29)18-27-14-16-28(17-15-27)24-9-5-8-22(26-24)25(30)21-6-3-2-4-7-21/h2-13,23,25,29-30H,14-18H2,1H3. The molecule has 4 rings (SSSR count). The van der Waals surface area contributed by atoms with Crippen LogP contribution in [0.2, 0.25) is 0 Å². The van der Waals surface area contributed by atoms with Crippen LogP contribution >= 0.6 is 0 Å². The van der Waals surface area contributed by atoms with E-state index in [1.807, 2.05) is 72.8 Å². The molecule has 1 fully saturated rings. The Labute approximate surface area is 178 Å². The van der Waals surface area contributed by atoms with E-state index < -0.39 is 12.2 Å². The first-order valence-corrected chi connectivity index (χ1v) is 10.5. The highest BCUT2D eigenvalue weighted by Gasteiger charge is 2.21. The Bertz CT molecular complexity index is 938. The number of piperazine rings is 1. The summed E-state index contributed by atoms with van der Waals surface area (Å²) in [5.74, 6) is 0.890. The Kier molecular flexibility index (Phi) is 6.43. The van der Waals surface area contributed by atoms with Gasteiger partial charge in [0.15, 0.2) is 0 Å². The molecule has 0 spiro atoms. The van der Waals surface area contributed by atoms with E-state index in [0.29, 0.717) is 12.2 Å². The second-order valence-corrected chi connectivity index (χ2v) is 7.95. The normalized spacial score (nSPS) is 17.0. The van der Waals surface area contributed by atoms with Crippen LogP contribution in [0.25, 0.3) is 0 Å². The number of benzene rings is 2. The van der Waals surface area contributed by atoms with E-state index in [4.69, 9.17) is 4.98 Å². The molecule has 2 unspecified atom stereocenters. The van der Waals surface area contributed by atoms with Gasteiger partial charge in [0.25, 0.3) is 0 Å². The molecule has 0 aliphatic carbocycles. The Morgan fingerprint density at radius 1 is 0.800 bits per heavy atom. The molecule has 5 nitrogen and oxygen atoms in total. The average molecular weight is 404 g/mol. The van der Waals surface area contributed by atoms with Gasteiger partial charge in [0, 0.05) is 32.7 Å². The van der Waals surface area contributed by atoms with Crippen molar-refractivity contribution in [3.05, 3.63) is 95.2 Å². The van der Waals surface area contributed by atoms with Crippen molar-refractivity contribution >= 4 is 5.82 Å². The molecule has 2 heterocycles. The fourth-order valence-electron chi connectivity index (χ4n) is 3.87. The van der Waals surface area contributed by atoms with E-state index >= 15 is 0 Å². The Morgan fingerprint density at radius 3 is 2.20 bits per heavy atom. The third kappa shape index (κ3) is 4.87. The molecule has 5 heteroatoms. The number of anilines is 1. The van der Waals surface area contributed by atoms with Crippen LogP contribution in [0.5, 0.6) is 0 Å². The van der Waals surface area contributed by atoms with Gasteiger partial charge in [-0.1, -0.05) is 66.2 Å². The van der Waals surface area contributed by atoms with Gasteiger partial charge in [-0.05, 0) is 30.2 Å². The summed E-state index contributed by atoms with van der Waals surface area (Å²) in [6.45, 7) is 6.12. The fraction of sp³-hybridized carbons (Fsp3) is 0.320. The van der Waals surface area contributed by atoms with Gasteiger partial charge >= 0.3 is 0 Å². The number of rotatable bonds is 6. The van der Waals surface area contributed by atoms with E-state index in [-0.39, 0.29) is 0 Å². The predicted molar refractivity (Wildman–Crippen MR) is 120 cm³/mol. The first-order chi connectivity index (χ1) is 14.6. The lowest BCUT2D eigenvalue weighted by molar-refractivity contribution is 0.109. The highest BCUT2D eigenvalue weighted by Crippen LogP contribution is 2.23. The average Bonchev–Trinajstić information content (AvgIpc) is 2.80. The topological polar surface area (TPSA) is 59.8 Å². The van der Waals surface area contributed by atoms with Crippen LogP contribution in [0, 0.1) is 6.92 Å². The minimum atomic E-state index is -0.725. The lowest BCUT2D eigenvalue weighted by atomic mass is 10.1. The number of aryl methyl sites for hydroxylation is 1. The lowest BCUT2D eigenvalue weighted by Gasteiger charge is -2.36. The number of pyridine rings is 1. The molecule has 2 aromatic carbocycles. The highest BCUT2D eigenvalue weighted by atomic mass is 16.3. The SMILES string of the molecule is Cc1ccc(C(O)CN2CCN(c3cccc(C(O)c4ccccc4)n3)CC2)cc1. The van der Waals surface area contributed by atoms with Gasteiger partial charge in [0.2, 0.25) is 0 Å². The maximum Gasteiger partial charge on any atom is 0.129 e. The minimum absolute atomic E-state index is 0.473. The number of aromatic nitrogens is 1. The van der Waals surface area contributed by atoms with Gasteiger partial charge in [-0.3, -0.25) is 4.90 Å². The smallest absolute Gasteiger partial charge is 0.129 e. The van der Waals surface area contributed by atoms with Crippen molar-refractivity contribution in [1.29, 1.82) is 0 Å². The summed E-state index contributed by atoms with van der Waals surface area (Å²) < 4.78 is 0. The van der Waals surface area contributed by atoms with Crippen molar-refractivity contribution in [3.63, 3.8) is 0 Å². The quantitative estimate of drug-likeness (QED) is 0.661. The molecule has 30 heavy (non-hydrogen) atoms. The zero-order valence-electron chi connectivity index (χ0n) is 17.4. The summed E-state index contributed by atoms with van der Waals surface area (Å²) in [4.78, 5) is 9.26. The molecule has 1 saturated heterocycles. The maximum absolute atomic E-state index is 10.7. The van der Waals surface area contributed by atoms with Crippen LogP contribution in [0.1, 0.15) is 34.6 Å². The second-order valence-electron chi connectivity index (χ2n) is 7.95. The van der Waals surface area contributed by atoms with E-state index in [1.54, 1.807) is 0 Å². The molecule has 1 aliphatic heterocycles. The van der Waals surface area contributed by atoms with Crippen molar-refractivity contribution < 1.29 is 10.2 Å². The number of hydrogen-bond acceptors (Lipinski definition) is 5. The predicted octanol–water partition coefficient (Wildman–Crippen LogP) is 3.33. The highest BCUT2D eigenvalue weighted by molar-refractivity contribution is 5.41. The van der Waals surface area contributed by atoms with Crippen LogP contribution in [-0.2, 0) is 0 Å². The van der Waals surface area contributed by atoms with Crippen LogP contribution in [-0.4, -0.2) is 52.8 Å². The molecular formula is C25H29N3O2. The first-order valence-electron chi connectivity index (χ1n) is 10.5. The van der Waals surface area contributed by atoms with Gasteiger partial charge in [-0.25, -0.2) is 4.98 Å². The number of nitrogens with zero attached hydrogens (tertiary/aromatic N) is 3. The van der Waals surface area contributed by atoms with E-state index in [9.17, 15) is 10.2 Å². The largest absolute Gasteiger partial charge is 0.387 e. The van der Waals surface area contributed by atoms with Crippen LogP contribution < -0.4 is 4.90 Å². The molecule has 156 valence electrons. The lowest BCUT2D eigenvalue weighted by Crippen LogP contribution is -2.47. The molecule has 3 aromatic rings. The molecule has 1 aliphatic rings. The Morgan fingerprint density at radius 2 is 1.50 bits per heavy atom. The summed E-state index contributed by atoms with van der Waals surface area (Å²) in [7, 11) is 0.